The Hall–Kier alpha value is -2.18. The number of anilines is 1. The van der Waals surface area contributed by atoms with E-state index in [2.05, 4.69) is 5.32 Å². The summed E-state index contributed by atoms with van der Waals surface area (Å²) in [6.07, 6.45) is 5.19. The highest BCUT2D eigenvalue weighted by atomic mass is 19.1. The van der Waals surface area contributed by atoms with Gasteiger partial charge in [-0.2, -0.15) is 0 Å². The van der Waals surface area contributed by atoms with Crippen LogP contribution in [0.4, 0.5) is 10.1 Å². The zero-order valence-electron chi connectivity index (χ0n) is 15.3. The lowest BCUT2D eigenvalue weighted by atomic mass is 9.61. The van der Waals surface area contributed by atoms with Crippen LogP contribution < -0.4 is 10.8 Å². The number of carbonyl (C=O) groups excluding carboxylic acids is 1. The van der Waals surface area contributed by atoms with Crippen LogP contribution in [0.5, 0.6) is 0 Å². The number of fused-ring (bicyclic) bond motifs is 1. The molecule has 4 rings (SSSR count). The molecule has 2 aliphatic rings. The predicted octanol–water partition coefficient (Wildman–Crippen LogP) is 2.63. The number of amides is 1. The molecule has 1 aliphatic heterocycles. The van der Waals surface area contributed by atoms with Crippen LogP contribution in [0.25, 0.3) is 0 Å². The molecular formula is C21H23BFNO3. The van der Waals surface area contributed by atoms with Crippen molar-refractivity contribution in [3.8, 4) is 0 Å². The SMILES string of the molecule is Cc1c(F)ccc2c1NC(=O)C2(c1ccc(B(O)O)cc1)C1CCCCC1. The van der Waals surface area contributed by atoms with Gasteiger partial charge in [-0.3, -0.25) is 4.79 Å². The van der Waals surface area contributed by atoms with E-state index < -0.39 is 12.5 Å². The molecule has 0 saturated heterocycles. The summed E-state index contributed by atoms with van der Waals surface area (Å²) in [6.45, 7) is 1.69. The van der Waals surface area contributed by atoms with Gasteiger partial charge in [-0.15, -0.1) is 0 Å². The van der Waals surface area contributed by atoms with E-state index >= 15 is 0 Å². The Morgan fingerprint density at radius 1 is 1.07 bits per heavy atom. The zero-order chi connectivity index (χ0) is 19.2. The minimum atomic E-state index is -1.55. The van der Waals surface area contributed by atoms with Crippen LogP contribution in [0.1, 0.15) is 48.8 Å². The number of halogens is 1. The van der Waals surface area contributed by atoms with Gasteiger partial charge in [-0.05, 0) is 48.3 Å². The van der Waals surface area contributed by atoms with Crippen molar-refractivity contribution in [2.75, 3.05) is 5.32 Å². The molecule has 0 bridgehead atoms. The molecule has 140 valence electrons. The van der Waals surface area contributed by atoms with E-state index in [0.29, 0.717) is 16.7 Å². The molecule has 2 aromatic rings. The monoisotopic (exact) mass is 367 g/mol. The molecule has 1 amide bonds. The fourth-order valence-corrected chi connectivity index (χ4v) is 4.89. The molecule has 3 N–H and O–H groups in total. The van der Waals surface area contributed by atoms with Gasteiger partial charge in [0.05, 0.1) is 5.69 Å². The van der Waals surface area contributed by atoms with Gasteiger partial charge in [-0.25, -0.2) is 4.39 Å². The molecular weight excluding hydrogens is 344 g/mol. The third-order valence-corrected chi connectivity index (χ3v) is 6.30. The van der Waals surface area contributed by atoms with Crippen molar-refractivity contribution < 1.29 is 19.2 Å². The van der Waals surface area contributed by atoms with Crippen LogP contribution in [0.3, 0.4) is 0 Å². The molecule has 0 aromatic heterocycles. The Labute approximate surface area is 158 Å². The van der Waals surface area contributed by atoms with Crippen molar-refractivity contribution in [3.05, 3.63) is 58.9 Å². The van der Waals surface area contributed by atoms with Crippen LogP contribution in [-0.2, 0) is 10.2 Å². The third kappa shape index (κ3) is 2.70. The Morgan fingerprint density at radius 3 is 2.37 bits per heavy atom. The highest BCUT2D eigenvalue weighted by Crippen LogP contribution is 2.52. The van der Waals surface area contributed by atoms with E-state index in [1.165, 1.54) is 12.5 Å². The minimum absolute atomic E-state index is 0.115. The smallest absolute Gasteiger partial charge is 0.423 e. The van der Waals surface area contributed by atoms with Gasteiger partial charge in [0.15, 0.2) is 0 Å². The van der Waals surface area contributed by atoms with Crippen LogP contribution in [0.2, 0.25) is 0 Å². The molecule has 1 heterocycles. The first kappa shape index (κ1) is 18.2. The Morgan fingerprint density at radius 2 is 1.74 bits per heavy atom. The summed E-state index contributed by atoms with van der Waals surface area (Å²) in [6, 6.07) is 10.1. The lowest BCUT2D eigenvalue weighted by Crippen LogP contribution is -2.44. The number of carbonyl (C=O) groups is 1. The molecule has 27 heavy (non-hydrogen) atoms. The topological polar surface area (TPSA) is 69.6 Å². The van der Waals surface area contributed by atoms with Gasteiger partial charge >= 0.3 is 7.12 Å². The summed E-state index contributed by atoms with van der Waals surface area (Å²) in [5.41, 5.74) is 2.20. The zero-order valence-corrected chi connectivity index (χ0v) is 15.3. The molecule has 1 atom stereocenters. The first-order valence-electron chi connectivity index (χ1n) is 9.54. The highest BCUT2D eigenvalue weighted by Gasteiger charge is 2.54. The standard InChI is InChI=1S/C21H23BFNO3/c1-13-18(23)12-11-17-19(13)24-20(25)21(17,14-5-3-2-4-6-14)15-7-9-16(10-8-15)22(26)27/h7-12,14,26-27H,2-6H2,1H3,(H,24,25). The second-order valence-corrected chi connectivity index (χ2v) is 7.69. The van der Waals surface area contributed by atoms with Gasteiger partial charge in [0, 0.05) is 5.56 Å². The van der Waals surface area contributed by atoms with Gasteiger partial charge in [-0.1, -0.05) is 49.6 Å². The minimum Gasteiger partial charge on any atom is -0.423 e. The maximum Gasteiger partial charge on any atom is 0.488 e. The molecule has 0 spiro atoms. The molecule has 6 heteroatoms. The average molecular weight is 367 g/mol. The van der Waals surface area contributed by atoms with Gasteiger partial charge in [0.25, 0.3) is 0 Å². The molecule has 1 fully saturated rings. The molecule has 2 aromatic carbocycles. The summed E-state index contributed by atoms with van der Waals surface area (Å²) in [4.78, 5) is 13.4. The van der Waals surface area contributed by atoms with Crippen LogP contribution in [0.15, 0.2) is 36.4 Å². The van der Waals surface area contributed by atoms with Crippen LogP contribution >= 0.6 is 0 Å². The quantitative estimate of drug-likeness (QED) is 0.731. The fraction of sp³-hybridized carbons (Fsp3) is 0.381. The maximum absolute atomic E-state index is 14.1. The van der Waals surface area contributed by atoms with Crippen molar-refractivity contribution in [1.82, 2.24) is 0 Å². The highest BCUT2D eigenvalue weighted by molar-refractivity contribution is 6.58. The Bertz CT molecular complexity index is 878. The van der Waals surface area contributed by atoms with Gasteiger partial charge in [0.1, 0.15) is 11.2 Å². The second-order valence-electron chi connectivity index (χ2n) is 7.69. The maximum atomic E-state index is 14.1. The van der Waals surface area contributed by atoms with Crippen LogP contribution in [-0.4, -0.2) is 23.1 Å². The number of hydrogen-bond acceptors (Lipinski definition) is 3. The molecule has 1 unspecified atom stereocenters. The summed E-state index contributed by atoms with van der Waals surface area (Å²) in [7, 11) is -1.55. The molecule has 4 nitrogen and oxygen atoms in total. The molecule has 0 radical (unpaired) electrons. The van der Waals surface area contributed by atoms with E-state index in [1.54, 1.807) is 37.3 Å². The lowest BCUT2D eigenvalue weighted by Gasteiger charge is -2.39. The average Bonchev–Trinajstić information content (AvgIpc) is 2.99. The van der Waals surface area contributed by atoms with Crippen molar-refractivity contribution in [1.29, 1.82) is 0 Å². The largest absolute Gasteiger partial charge is 0.488 e. The Balaban J connectivity index is 1.93. The third-order valence-electron chi connectivity index (χ3n) is 6.30. The van der Waals surface area contributed by atoms with Crippen LogP contribution in [0, 0.1) is 18.7 Å². The van der Waals surface area contributed by atoms with E-state index in [1.807, 2.05) is 0 Å². The van der Waals surface area contributed by atoms with E-state index in [4.69, 9.17) is 0 Å². The summed E-state index contributed by atoms with van der Waals surface area (Å²) < 4.78 is 14.1. The van der Waals surface area contributed by atoms with E-state index in [-0.39, 0.29) is 17.6 Å². The van der Waals surface area contributed by atoms with Gasteiger partial charge < -0.3 is 15.4 Å². The van der Waals surface area contributed by atoms with Crippen molar-refractivity contribution in [2.24, 2.45) is 5.92 Å². The summed E-state index contributed by atoms with van der Waals surface area (Å²) in [5.74, 6) is -0.315. The number of rotatable bonds is 3. The normalized spacial score (nSPS) is 22.4. The lowest BCUT2D eigenvalue weighted by molar-refractivity contribution is -0.121. The number of hydrogen-bond donors (Lipinski definition) is 3. The number of nitrogens with one attached hydrogen (secondary N) is 1. The fourth-order valence-electron chi connectivity index (χ4n) is 4.89. The van der Waals surface area contributed by atoms with Crippen molar-refractivity contribution in [2.45, 2.75) is 44.4 Å². The van der Waals surface area contributed by atoms with Crippen molar-refractivity contribution >= 4 is 24.2 Å². The van der Waals surface area contributed by atoms with Crippen molar-refractivity contribution in [3.63, 3.8) is 0 Å². The van der Waals surface area contributed by atoms with E-state index in [9.17, 15) is 19.2 Å². The van der Waals surface area contributed by atoms with Gasteiger partial charge in [0.2, 0.25) is 5.91 Å². The number of benzene rings is 2. The molecule has 1 saturated carbocycles. The first-order valence-corrected chi connectivity index (χ1v) is 9.54. The van der Waals surface area contributed by atoms with E-state index in [0.717, 1.165) is 36.8 Å². The Kier molecular flexibility index (Phi) is 4.56. The first-order chi connectivity index (χ1) is 13.0. The summed E-state index contributed by atoms with van der Waals surface area (Å²) in [5, 5.41) is 21.8. The second kappa shape index (κ2) is 6.77. The predicted molar refractivity (Wildman–Crippen MR) is 103 cm³/mol. The molecule has 1 aliphatic carbocycles. The summed E-state index contributed by atoms with van der Waals surface area (Å²) >= 11 is 0.